The lowest BCUT2D eigenvalue weighted by Crippen LogP contribution is -1.97. The van der Waals surface area contributed by atoms with Crippen molar-refractivity contribution in [3.63, 3.8) is 0 Å². The highest BCUT2D eigenvalue weighted by molar-refractivity contribution is 8.10. The van der Waals surface area contributed by atoms with Crippen LogP contribution in [0, 0.1) is 6.92 Å². The van der Waals surface area contributed by atoms with Crippen molar-refractivity contribution in [2.75, 3.05) is 19.5 Å². The summed E-state index contributed by atoms with van der Waals surface area (Å²) in [4.78, 5) is 1.26. The molecule has 5 heteroatoms. The van der Waals surface area contributed by atoms with Crippen LogP contribution in [0.1, 0.15) is 12.5 Å². The van der Waals surface area contributed by atoms with Crippen LogP contribution in [0.4, 0.5) is 0 Å². The summed E-state index contributed by atoms with van der Waals surface area (Å²) in [6.07, 6.45) is 2.80. The second-order valence-electron chi connectivity index (χ2n) is 3.33. The Morgan fingerprint density at radius 1 is 1.44 bits per heavy atom. The molecule has 0 N–H and O–H groups in total. The van der Waals surface area contributed by atoms with E-state index in [1.807, 2.05) is 19.1 Å². The van der Waals surface area contributed by atoms with E-state index >= 15 is 0 Å². The summed E-state index contributed by atoms with van der Waals surface area (Å²) in [6, 6.07) is 6.02. The van der Waals surface area contributed by atoms with Crippen LogP contribution >= 0.6 is 18.3 Å². The van der Waals surface area contributed by atoms with Crippen LogP contribution in [-0.4, -0.2) is 19.5 Å². The van der Waals surface area contributed by atoms with Crippen LogP contribution in [0.2, 0.25) is 0 Å². The van der Waals surface area contributed by atoms with Gasteiger partial charge in [0.2, 0.25) is 6.49 Å². The molecular weight excluding hydrogens is 259 g/mol. The molecule has 0 fully saturated rings. The van der Waals surface area contributed by atoms with Crippen molar-refractivity contribution in [3.05, 3.63) is 23.8 Å². The molecule has 1 aromatic carbocycles. The van der Waals surface area contributed by atoms with Crippen LogP contribution in [0.25, 0.3) is 0 Å². The maximum absolute atomic E-state index is 5.78. The predicted molar refractivity (Wildman–Crippen MR) is 75.4 cm³/mol. The van der Waals surface area contributed by atoms with Crippen molar-refractivity contribution in [2.24, 2.45) is 0 Å². The number of aryl methyl sites for hydroxylation is 1. The van der Waals surface area contributed by atoms with Crippen molar-refractivity contribution in [1.29, 1.82) is 0 Å². The van der Waals surface area contributed by atoms with Gasteiger partial charge in [0, 0.05) is 18.2 Å². The average molecular weight is 276 g/mol. The average Bonchev–Trinajstić information content (AvgIpc) is 2.29. The van der Waals surface area contributed by atoms with Crippen LogP contribution < -0.4 is 4.52 Å². The zero-order valence-corrected chi connectivity index (χ0v) is 12.5. The molecule has 2 nitrogen and oxygen atoms in total. The first-order valence-electron chi connectivity index (χ1n) is 5.03. The zero-order chi connectivity index (χ0) is 12.2. The summed E-state index contributed by atoms with van der Waals surface area (Å²) >= 11 is 7.08. The SMILES string of the molecule is CCP(=S)(OC)Oc1ccc(SC)c(C)c1. The predicted octanol–water partition coefficient (Wildman–Crippen LogP) is 4.07. The molecule has 0 saturated carbocycles. The fourth-order valence-electron chi connectivity index (χ4n) is 1.30. The molecule has 90 valence electrons. The van der Waals surface area contributed by atoms with E-state index in [-0.39, 0.29) is 0 Å². The monoisotopic (exact) mass is 276 g/mol. The van der Waals surface area contributed by atoms with Gasteiger partial charge in [-0.05, 0) is 48.7 Å². The Bertz CT molecular complexity index is 399. The summed E-state index contributed by atoms with van der Waals surface area (Å²) in [5.74, 6) is 0.808. The first kappa shape index (κ1) is 14.0. The molecule has 0 amide bonds. The van der Waals surface area contributed by atoms with E-state index in [0.717, 1.165) is 11.9 Å². The Morgan fingerprint density at radius 2 is 2.12 bits per heavy atom. The van der Waals surface area contributed by atoms with E-state index in [4.69, 9.17) is 20.9 Å². The molecule has 0 aliphatic heterocycles. The van der Waals surface area contributed by atoms with E-state index in [0.29, 0.717) is 0 Å². The van der Waals surface area contributed by atoms with Crippen molar-refractivity contribution < 1.29 is 9.05 Å². The van der Waals surface area contributed by atoms with Gasteiger partial charge in [-0.1, -0.05) is 6.92 Å². The first-order chi connectivity index (χ1) is 7.54. The Kier molecular flexibility index (Phi) is 5.32. The van der Waals surface area contributed by atoms with Gasteiger partial charge >= 0.3 is 0 Å². The van der Waals surface area contributed by atoms with E-state index in [9.17, 15) is 0 Å². The molecule has 0 aromatic heterocycles. The number of hydrogen-bond acceptors (Lipinski definition) is 4. The molecule has 1 atom stereocenters. The van der Waals surface area contributed by atoms with Crippen molar-refractivity contribution >= 4 is 30.1 Å². The van der Waals surface area contributed by atoms with Gasteiger partial charge in [-0.15, -0.1) is 11.8 Å². The topological polar surface area (TPSA) is 18.5 Å². The molecule has 0 spiro atoms. The third kappa shape index (κ3) is 3.49. The summed E-state index contributed by atoms with van der Waals surface area (Å²) in [6.45, 7) is 1.94. The summed E-state index contributed by atoms with van der Waals surface area (Å²) in [5, 5.41) is 0. The number of rotatable bonds is 5. The highest BCUT2D eigenvalue weighted by atomic mass is 32.5. The van der Waals surface area contributed by atoms with E-state index in [1.54, 1.807) is 18.9 Å². The molecule has 0 aliphatic carbocycles. The number of thioether (sulfide) groups is 1. The van der Waals surface area contributed by atoms with E-state index < -0.39 is 6.49 Å². The summed E-state index contributed by atoms with van der Waals surface area (Å²) in [5.41, 5.74) is 1.21. The molecule has 1 aromatic rings. The molecule has 0 aliphatic rings. The van der Waals surface area contributed by atoms with E-state index in [1.165, 1.54) is 10.5 Å². The van der Waals surface area contributed by atoms with Crippen molar-refractivity contribution in [2.45, 2.75) is 18.7 Å². The van der Waals surface area contributed by atoms with Gasteiger partial charge in [0.15, 0.2) is 0 Å². The lowest BCUT2D eigenvalue weighted by Gasteiger charge is -2.20. The Hall–Kier alpha value is -0.0200. The molecule has 0 saturated heterocycles. The second kappa shape index (κ2) is 6.06. The minimum absolute atomic E-state index is 0.738. The highest BCUT2D eigenvalue weighted by Crippen LogP contribution is 2.47. The minimum Gasteiger partial charge on any atom is -0.443 e. The van der Waals surface area contributed by atoms with Crippen LogP contribution in [0.15, 0.2) is 23.1 Å². The lowest BCUT2D eigenvalue weighted by molar-refractivity contribution is 0.393. The summed E-state index contributed by atoms with van der Waals surface area (Å²) < 4.78 is 11.1. The van der Waals surface area contributed by atoms with E-state index in [2.05, 4.69) is 19.2 Å². The normalized spacial score (nSPS) is 14.5. The van der Waals surface area contributed by atoms with Gasteiger partial charge in [-0.3, -0.25) is 0 Å². The standard InChI is InChI=1S/C11H17O2PS2/c1-5-14(15,12-3)13-10-6-7-11(16-4)9(2)8-10/h6-8H,5H2,1-4H3. The van der Waals surface area contributed by atoms with Gasteiger partial charge in [-0.25, -0.2) is 0 Å². The molecule has 16 heavy (non-hydrogen) atoms. The largest absolute Gasteiger partial charge is 0.443 e. The molecule has 0 radical (unpaired) electrons. The smallest absolute Gasteiger partial charge is 0.237 e. The summed E-state index contributed by atoms with van der Waals surface area (Å²) in [7, 11) is 1.62. The van der Waals surface area contributed by atoms with Gasteiger partial charge in [0.25, 0.3) is 0 Å². The first-order valence-corrected chi connectivity index (χ1v) is 9.08. The van der Waals surface area contributed by atoms with Crippen LogP contribution in [0.5, 0.6) is 5.75 Å². The van der Waals surface area contributed by atoms with Crippen LogP contribution in [0.3, 0.4) is 0 Å². The molecule has 0 bridgehead atoms. The second-order valence-corrected chi connectivity index (χ2v) is 8.25. The highest BCUT2D eigenvalue weighted by Gasteiger charge is 2.16. The molecular formula is C11H17O2PS2. The third-order valence-corrected chi connectivity index (χ3v) is 6.44. The maximum atomic E-state index is 5.78. The lowest BCUT2D eigenvalue weighted by atomic mass is 10.2. The Labute approximate surface area is 107 Å². The van der Waals surface area contributed by atoms with Crippen molar-refractivity contribution in [1.82, 2.24) is 0 Å². The molecule has 1 rings (SSSR count). The Morgan fingerprint density at radius 3 is 2.56 bits per heavy atom. The van der Waals surface area contributed by atoms with Gasteiger partial charge in [-0.2, -0.15) is 0 Å². The molecule has 1 unspecified atom stereocenters. The zero-order valence-electron chi connectivity index (χ0n) is 10.0. The fourth-order valence-corrected chi connectivity index (χ4v) is 3.04. The Balaban J connectivity index is 2.91. The quantitative estimate of drug-likeness (QED) is 0.596. The number of hydrogen-bond donors (Lipinski definition) is 0. The van der Waals surface area contributed by atoms with Crippen molar-refractivity contribution in [3.8, 4) is 5.75 Å². The van der Waals surface area contributed by atoms with Gasteiger partial charge < -0.3 is 9.05 Å². The fraction of sp³-hybridized carbons (Fsp3) is 0.455. The number of benzene rings is 1. The van der Waals surface area contributed by atoms with Gasteiger partial charge in [0.05, 0.1) is 0 Å². The van der Waals surface area contributed by atoms with Gasteiger partial charge in [0.1, 0.15) is 5.75 Å². The van der Waals surface area contributed by atoms with Crippen LogP contribution in [-0.2, 0) is 16.3 Å². The maximum Gasteiger partial charge on any atom is 0.237 e. The third-order valence-electron chi connectivity index (χ3n) is 2.28. The minimum atomic E-state index is -2.12. The molecule has 0 heterocycles.